The molecule has 1 fully saturated rings. The van der Waals surface area contributed by atoms with E-state index in [9.17, 15) is 19.2 Å². The number of likely N-dealkylation sites (N-methyl/N-ethyl adjacent to an activating group) is 1. The van der Waals surface area contributed by atoms with Crippen LogP contribution in [0.15, 0.2) is 30.8 Å². The molecule has 0 saturated carbocycles. The Bertz CT molecular complexity index is 723. The van der Waals surface area contributed by atoms with E-state index in [0.29, 0.717) is 31.7 Å². The van der Waals surface area contributed by atoms with E-state index < -0.39 is 11.8 Å². The highest BCUT2D eigenvalue weighted by Gasteiger charge is 2.42. The molecular weight excluding hydrogens is 324 g/mol. The number of rotatable bonds is 1. The predicted octanol–water partition coefficient (Wildman–Crippen LogP) is 1.27. The number of carbonyl (C=O) groups is 4. The van der Waals surface area contributed by atoms with Crippen LogP contribution in [0.4, 0.5) is 0 Å². The van der Waals surface area contributed by atoms with E-state index >= 15 is 0 Å². The molecule has 0 spiro atoms. The van der Waals surface area contributed by atoms with Gasteiger partial charge >= 0.3 is 0 Å². The van der Waals surface area contributed by atoms with Crippen molar-refractivity contribution in [3.63, 3.8) is 0 Å². The van der Waals surface area contributed by atoms with Crippen LogP contribution in [0.25, 0.3) is 0 Å². The van der Waals surface area contributed by atoms with Gasteiger partial charge in [-0.25, -0.2) is 5.01 Å². The largest absolute Gasteiger partial charge is 0.288 e. The fourth-order valence-electron chi connectivity index (χ4n) is 2.25. The summed E-state index contributed by atoms with van der Waals surface area (Å²) in [7, 11) is 0. The summed E-state index contributed by atoms with van der Waals surface area (Å²) < 4.78 is 0.396. The lowest BCUT2D eigenvalue weighted by molar-refractivity contribution is -0.127. The van der Waals surface area contributed by atoms with Crippen LogP contribution in [0.1, 0.15) is 20.8 Å². The minimum absolute atomic E-state index is 0.00200. The molecule has 2 heterocycles. The maximum absolute atomic E-state index is 12.3. The van der Waals surface area contributed by atoms with E-state index in [4.69, 9.17) is 0 Å². The van der Waals surface area contributed by atoms with Crippen LogP contribution < -0.4 is 5.43 Å². The van der Waals surface area contributed by atoms with Crippen LogP contribution in [0.5, 0.6) is 0 Å². The van der Waals surface area contributed by atoms with Crippen LogP contribution in [0, 0.1) is 0 Å². The zero-order valence-electron chi connectivity index (χ0n) is 12.1. The summed E-state index contributed by atoms with van der Waals surface area (Å²) >= 11 is 2.08. The minimum Gasteiger partial charge on any atom is -0.288 e. The van der Waals surface area contributed by atoms with Crippen molar-refractivity contribution in [2.45, 2.75) is 20.8 Å². The molecule has 0 radical (unpaired) electrons. The number of amides is 2. The van der Waals surface area contributed by atoms with Gasteiger partial charge in [0.15, 0.2) is 11.6 Å². The number of allylic oxidation sites excluding steroid dienone is 4. The summed E-state index contributed by atoms with van der Waals surface area (Å²) in [6, 6.07) is 0. The molecule has 0 aromatic carbocycles. The minimum atomic E-state index is -0.497. The van der Waals surface area contributed by atoms with Crippen LogP contribution >= 0.6 is 23.5 Å². The molecule has 0 aromatic heterocycles. The second kappa shape index (κ2) is 5.13. The molecule has 0 aromatic rings. The van der Waals surface area contributed by atoms with Crippen LogP contribution in [0.3, 0.4) is 0 Å². The summed E-state index contributed by atoms with van der Waals surface area (Å²) in [5.74, 6) is -1.34. The summed E-state index contributed by atoms with van der Waals surface area (Å²) in [4.78, 5) is 49.4. The number of nitrogens with zero attached hydrogens (tertiary/aromatic N) is 1. The lowest BCUT2D eigenvalue weighted by Gasteiger charge is -2.12. The number of carbonyl (C=O) groups excluding carboxylic acids is 4. The molecule has 3 aliphatic rings. The van der Waals surface area contributed by atoms with Crippen molar-refractivity contribution in [2.24, 2.45) is 0 Å². The number of hydrogen-bond donors (Lipinski definition) is 1. The Kier molecular flexibility index (Phi) is 3.53. The first-order valence-electron chi connectivity index (χ1n) is 6.60. The number of hydrogen-bond acceptors (Lipinski definition) is 6. The number of Topliss-reactive ketones (excluding diaryl/α,β-unsaturated/α-hetero) is 2. The van der Waals surface area contributed by atoms with Crippen molar-refractivity contribution in [1.29, 1.82) is 0 Å². The molecule has 114 valence electrons. The Morgan fingerprint density at radius 1 is 0.955 bits per heavy atom. The third kappa shape index (κ3) is 1.98. The first-order chi connectivity index (χ1) is 10.4. The lowest BCUT2D eigenvalue weighted by atomic mass is 9.97. The van der Waals surface area contributed by atoms with Crippen molar-refractivity contribution in [3.05, 3.63) is 30.8 Å². The Morgan fingerprint density at radius 2 is 1.45 bits per heavy atom. The van der Waals surface area contributed by atoms with Gasteiger partial charge in [0, 0.05) is 17.7 Å². The van der Waals surface area contributed by atoms with Gasteiger partial charge < -0.3 is 0 Å². The summed E-state index contributed by atoms with van der Waals surface area (Å²) in [5, 5.41) is 1.21. The fourth-order valence-corrected chi connectivity index (χ4v) is 4.96. The van der Waals surface area contributed by atoms with E-state index in [1.165, 1.54) is 5.01 Å². The molecule has 1 aliphatic carbocycles. The normalized spacial score (nSPS) is 22.2. The van der Waals surface area contributed by atoms with E-state index in [2.05, 4.69) is 5.43 Å². The van der Waals surface area contributed by atoms with Gasteiger partial charge in [-0.2, -0.15) is 0 Å². The molecule has 2 amide bonds. The van der Waals surface area contributed by atoms with E-state index in [1.807, 2.05) is 0 Å². The van der Waals surface area contributed by atoms with Gasteiger partial charge in [-0.05, 0) is 20.8 Å². The molecule has 22 heavy (non-hydrogen) atoms. The van der Waals surface area contributed by atoms with Crippen LogP contribution in [-0.4, -0.2) is 34.9 Å². The number of thioether (sulfide) groups is 2. The molecule has 6 nitrogen and oxygen atoms in total. The molecule has 1 N–H and O–H groups in total. The Morgan fingerprint density at radius 3 is 1.86 bits per heavy atom. The van der Waals surface area contributed by atoms with E-state index in [1.54, 1.807) is 20.8 Å². The van der Waals surface area contributed by atoms with Crippen molar-refractivity contribution in [3.8, 4) is 0 Å². The predicted molar refractivity (Wildman–Crippen MR) is 83.2 cm³/mol. The Balaban J connectivity index is 2.00. The van der Waals surface area contributed by atoms with Crippen LogP contribution in [-0.2, 0) is 19.2 Å². The fraction of sp³-hybridized carbons (Fsp3) is 0.286. The number of ketones is 2. The van der Waals surface area contributed by atoms with Crippen molar-refractivity contribution in [1.82, 2.24) is 10.4 Å². The summed E-state index contributed by atoms with van der Waals surface area (Å²) in [6.07, 6.45) is 0. The maximum atomic E-state index is 12.3. The highest BCUT2D eigenvalue weighted by Crippen LogP contribution is 2.54. The van der Waals surface area contributed by atoms with Crippen LogP contribution in [0.2, 0.25) is 0 Å². The zero-order valence-corrected chi connectivity index (χ0v) is 13.7. The molecule has 0 unspecified atom stereocenters. The first kappa shape index (κ1) is 15.1. The van der Waals surface area contributed by atoms with Gasteiger partial charge in [0.25, 0.3) is 11.8 Å². The second-order valence-corrected chi connectivity index (χ2v) is 7.22. The molecule has 1 saturated heterocycles. The van der Waals surface area contributed by atoms with Gasteiger partial charge in [-0.3, -0.25) is 24.6 Å². The topological polar surface area (TPSA) is 83.6 Å². The number of hydrazine groups is 1. The Labute approximate surface area is 135 Å². The quantitative estimate of drug-likeness (QED) is 0.441. The SMILES string of the molecule is CCN1NC(=O)C(=C2SC3=C(S2)C(=O)C(C)=C(C)C3=O)C1=O. The highest BCUT2D eigenvalue weighted by atomic mass is 32.2. The van der Waals surface area contributed by atoms with Crippen molar-refractivity contribution in [2.75, 3.05) is 6.54 Å². The van der Waals surface area contributed by atoms with Gasteiger partial charge in [-0.1, -0.05) is 23.5 Å². The smallest absolute Gasteiger partial charge is 0.279 e. The average Bonchev–Trinajstić information content (AvgIpc) is 3.04. The second-order valence-electron chi connectivity index (χ2n) is 4.92. The van der Waals surface area contributed by atoms with E-state index in [0.717, 1.165) is 23.5 Å². The standard InChI is InChI=1S/C14H12N2O4S2/c1-4-16-13(20)7(12(19)15-16)14-21-10-8(17)5(2)6(3)9(18)11(10)22-14/h4H2,1-3H3,(H,15,19). The van der Waals surface area contributed by atoms with E-state index in [-0.39, 0.29) is 17.1 Å². The zero-order chi connectivity index (χ0) is 16.2. The highest BCUT2D eigenvalue weighted by molar-refractivity contribution is 8.29. The third-order valence-corrected chi connectivity index (χ3v) is 6.29. The molecule has 0 atom stereocenters. The summed E-state index contributed by atoms with van der Waals surface area (Å²) in [6.45, 7) is 5.32. The molecule has 2 aliphatic heterocycles. The monoisotopic (exact) mass is 336 g/mol. The summed E-state index contributed by atoms with van der Waals surface area (Å²) in [5.41, 5.74) is 3.30. The van der Waals surface area contributed by atoms with Crippen molar-refractivity contribution < 1.29 is 19.2 Å². The van der Waals surface area contributed by atoms with Gasteiger partial charge in [0.1, 0.15) is 5.57 Å². The van der Waals surface area contributed by atoms with Gasteiger partial charge in [-0.15, -0.1) is 0 Å². The molecule has 0 bridgehead atoms. The van der Waals surface area contributed by atoms with Gasteiger partial charge in [0.2, 0.25) is 0 Å². The maximum Gasteiger partial charge on any atom is 0.279 e. The number of nitrogens with one attached hydrogen (secondary N) is 1. The lowest BCUT2D eigenvalue weighted by Crippen LogP contribution is -2.35. The first-order valence-corrected chi connectivity index (χ1v) is 8.24. The van der Waals surface area contributed by atoms with Gasteiger partial charge in [0.05, 0.1) is 14.0 Å². The average molecular weight is 336 g/mol. The molecule has 3 rings (SSSR count). The third-order valence-electron chi connectivity index (χ3n) is 3.69. The van der Waals surface area contributed by atoms with Crippen molar-refractivity contribution >= 4 is 46.9 Å². The molecular formula is C14H12N2O4S2. The molecule has 8 heteroatoms. The Hall–Kier alpha value is -1.80.